The molecule has 1 amide bonds. The summed E-state index contributed by atoms with van der Waals surface area (Å²) in [4.78, 5) is 23.7. The molecule has 26 heavy (non-hydrogen) atoms. The number of carbonyl (C=O) groups is 1. The fourth-order valence-corrected chi connectivity index (χ4v) is 2.96. The lowest BCUT2D eigenvalue weighted by Crippen LogP contribution is -2.30. The standard InChI is InChI=1S/C21H18N4O/c1-24(16-9-3-2-4-10-16)20(26)15-25-19-13-6-5-11-17(19)23-21(25)18-12-7-8-14-22-18/h2-14H,15H2,1H3. The van der Waals surface area contributed by atoms with Gasteiger partial charge in [0.1, 0.15) is 12.2 Å². The van der Waals surface area contributed by atoms with Crippen LogP contribution in [0, 0.1) is 0 Å². The maximum Gasteiger partial charge on any atom is 0.246 e. The van der Waals surface area contributed by atoms with E-state index in [9.17, 15) is 4.79 Å². The van der Waals surface area contributed by atoms with Crippen molar-refractivity contribution in [2.45, 2.75) is 6.54 Å². The Morgan fingerprint density at radius 3 is 2.46 bits per heavy atom. The third-order valence-corrected chi connectivity index (χ3v) is 4.36. The second-order valence-electron chi connectivity index (χ2n) is 6.01. The van der Waals surface area contributed by atoms with Crippen LogP contribution in [0.4, 0.5) is 5.69 Å². The van der Waals surface area contributed by atoms with Crippen LogP contribution in [0.1, 0.15) is 0 Å². The molecule has 4 aromatic rings. The second kappa shape index (κ2) is 6.80. The number of anilines is 1. The summed E-state index contributed by atoms with van der Waals surface area (Å²) < 4.78 is 1.93. The van der Waals surface area contributed by atoms with Crippen molar-refractivity contribution in [3.05, 3.63) is 79.0 Å². The summed E-state index contributed by atoms with van der Waals surface area (Å²) in [6, 6.07) is 23.1. The summed E-state index contributed by atoms with van der Waals surface area (Å²) in [6.07, 6.45) is 1.73. The van der Waals surface area contributed by atoms with Gasteiger partial charge in [0.2, 0.25) is 5.91 Å². The van der Waals surface area contributed by atoms with E-state index in [2.05, 4.69) is 4.98 Å². The third-order valence-electron chi connectivity index (χ3n) is 4.36. The SMILES string of the molecule is CN(C(=O)Cn1c(-c2ccccn2)nc2ccccc21)c1ccccc1. The summed E-state index contributed by atoms with van der Waals surface area (Å²) in [5.41, 5.74) is 3.38. The molecule has 0 radical (unpaired) electrons. The molecule has 0 aliphatic rings. The number of nitrogens with zero attached hydrogens (tertiary/aromatic N) is 4. The molecule has 0 unspecified atom stereocenters. The zero-order valence-corrected chi connectivity index (χ0v) is 14.4. The molecule has 0 saturated carbocycles. The fourth-order valence-electron chi connectivity index (χ4n) is 2.96. The van der Waals surface area contributed by atoms with Crippen molar-refractivity contribution in [3.63, 3.8) is 0 Å². The van der Waals surface area contributed by atoms with Gasteiger partial charge in [-0.2, -0.15) is 0 Å². The Morgan fingerprint density at radius 2 is 1.69 bits per heavy atom. The van der Waals surface area contributed by atoms with E-state index < -0.39 is 0 Å². The molecule has 2 heterocycles. The molecule has 4 rings (SSSR count). The molecular formula is C21H18N4O. The number of aromatic nitrogens is 3. The molecule has 2 aromatic carbocycles. The minimum absolute atomic E-state index is 0.0171. The molecule has 0 aliphatic carbocycles. The van der Waals surface area contributed by atoms with Gasteiger partial charge in [0.05, 0.1) is 11.0 Å². The lowest BCUT2D eigenvalue weighted by molar-refractivity contribution is -0.118. The van der Waals surface area contributed by atoms with Crippen LogP contribution >= 0.6 is 0 Å². The largest absolute Gasteiger partial charge is 0.314 e. The van der Waals surface area contributed by atoms with Crippen LogP contribution in [0.25, 0.3) is 22.6 Å². The van der Waals surface area contributed by atoms with Gasteiger partial charge in [-0.25, -0.2) is 4.98 Å². The Kier molecular flexibility index (Phi) is 4.19. The van der Waals surface area contributed by atoms with Crippen LogP contribution in [-0.4, -0.2) is 27.5 Å². The van der Waals surface area contributed by atoms with E-state index in [1.165, 1.54) is 0 Å². The zero-order chi connectivity index (χ0) is 17.9. The van der Waals surface area contributed by atoms with Crippen molar-refractivity contribution in [3.8, 4) is 11.5 Å². The minimum Gasteiger partial charge on any atom is -0.314 e. The van der Waals surface area contributed by atoms with Crippen LogP contribution in [-0.2, 0) is 11.3 Å². The van der Waals surface area contributed by atoms with Crippen molar-refractivity contribution < 1.29 is 4.79 Å². The molecule has 0 aliphatic heterocycles. The summed E-state index contributed by atoms with van der Waals surface area (Å²) in [7, 11) is 1.79. The van der Waals surface area contributed by atoms with Crippen molar-refractivity contribution in [1.29, 1.82) is 0 Å². The van der Waals surface area contributed by atoms with Gasteiger partial charge in [-0.15, -0.1) is 0 Å². The molecule has 2 aromatic heterocycles. The van der Waals surface area contributed by atoms with E-state index in [-0.39, 0.29) is 12.5 Å². The summed E-state index contributed by atoms with van der Waals surface area (Å²) in [6.45, 7) is 0.192. The predicted molar refractivity (Wildman–Crippen MR) is 103 cm³/mol. The minimum atomic E-state index is -0.0171. The Morgan fingerprint density at radius 1 is 0.962 bits per heavy atom. The number of benzene rings is 2. The molecule has 128 valence electrons. The van der Waals surface area contributed by atoms with Crippen molar-refractivity contribution in [2.75, 3.05) is 11.9 Å². The first-order chi connectivity index (χ1) is 12.7. The predicted octanol–water partition coefficient (Wildman–Crippen LogP) is 3.76. The third kappa shape index (κ3) is 2.95. The summed E-state index contributed by atoms with van der Waals surface area (Å²) in [5.74, 6) is 0.679. The van der Waals surface area contributed by atoms with E-state index in [0.29, 0.717) is 5.82 Å². The number of rotatable bonds is 4. The monoisotopic (exact) mass is 342 g/mol. The maximum atomic E-state index is 12.9. The molecule has 5 heteroatoms. The molecule has 0 spiro atoms. The van der Waals surface area contributed by atoms with Gasteiger partial charge in [-0.3, -0.25) is 9.78 Å². The maximum absolute atomic E-state index is 12.9. The van der Waals surface area contributed by atoms with Crippen LogP contribution in [0.5, 0.6) is 0 Å². The highest BCUT2D eigenvalue weighted by Gasteiger charge is 2.18. The van der Waals surface area contributed by atoms with E-state index in [4.69, 9.17) is 4.98 Å². The lowest BCUT2D eigenvalue weighted by Gasteiger charge is -2.18. The van der Waals surface area contributed by atoms with Gasteiger partial charge in [0.15, 0.2) is 5.82 Å². The van der Waals surface area contributed by atoms with Crippen LogP contribution in [0.3, 0.4) is 0 Å². The van der Waals surface area contributed by atoms with Gasteiger partial charge in [-0.05, 0) is 36.4 Å². The average Bonchev–Trinajstić information content (AvgIpc) is 3.07. The summed E-state index contributed by atoms with van der Waals surface area (Å²) in [5, 5.41) is 0. The van der Waals surface area contributed by atoms with Gasteiger partial charge in [0.25, 0.3) is 0 Å². The van der Waals surface area contributed by atoms with Crippen molar-refractivity contribution in [2.24, 2.45) is 0 Å². The molecular weight excluding hydrogens is 324 g/mol. The first-order valence-electron chi connectivity index (χ1n) is 8.42. The van der Waals surface area contributed by atoms with Crippen LogP contribution < -0.4 is 4.90 Å². The molecule has 0 atom stereocenters. The molecule has 0 saturated heterocycles. The summed E-state index contributed by atoms with van der Waals surface area (Å²) >= 11 is 0. The molecule has 5 nitrogen and oxygen atoms in total. The number of para-hydroxylation sites is 3. The topological polar surface area (TPSA) is 51.0 Å². The van der Waals surface area contributed by atoms with Gasteiger partial charge in [0, 0.05) is 18.9 Å². The Bertz CT molecular complexity index is 1040. The zero-order valence-electron chi connectivity index (χ0n) is 14.4. The van der Waals surface area contributed by atoms with Gasteiger partial charge in [-0.1, -0.05) is 36.4 Å². The number of amides is 1. The molecule has 0 fully saturated rings. The first-order valence-corrected chi connectivity index (χ1v) is 8.42. The van der Waals surface area contributed by atoms with Crippen LogP contribution in [0.2, 0.25) is 0 Å². The quantitative estimate of drug-likeness (QED) is 0.567. The van der Waals surface area contributed by atoms with E-state index >= 15 is 0 Å². The van der Waals surface area contributed by atoms with E-state index in [1.54, 1.807) is 18.1 Å². The van der Waals surface area contributed by atoms with Gasteiger partial charge < -0.3 is 9.47 Å². The average molecular weight is 342 g/mol. The number of imidazole rings is 1. The smallest absolute Gasteiger partial charge is 0.246 e. The van der Waals surface area contributed by atoms with Gasteiger partial charge >= 0.3 is 0 Å². The number of likely N-dealkylation sites (N-methyl/N-ethyl adjacent to an activating group) is 1. The van der Waals surface area contributed by atoms with Crippen molar-refractivity contribution in [1.82, 2.24) is 14.5 Å². The lowest BCUT2D eigenvalue weighted by atomic mass is 10.3. The normalized spacial score (nSPS) is 10.8. The molecule has 0 N–H and O–H groups in total. The second-order valence-corrected chi connectivity index (χ2v) is 6.01. The number of hydrogen-bond acceptors (Lipinski definition) is 3. The number of fused-ring (bicyclic) bond motifs is 1. The van der Waals surface area contributed by atoms with E-state index in [1.807, 2.05) is 77.4 Å². The highest BCUT2D eigenvalue weighted by molar-refractivity contribution is 5.94. The van der Waals surface area contributed by atoms with E-state index in [0.717, 1.165) is 22.4 Å². The Labute approximate surface area is 151 Å². The number of carbonyl (C=O) groups excluding carboxylic acids is 1. The first kappa shape index (κ1) is 16.0. The fraction of sp³-hybridized carbons (Fsp3) is 0.0952. The number of pyridine rings is 1. The highest BCUT2D eigenvalue weighted by Crippen LogP contribution is 2.24. The molecule has 0 bridgehead atoms. The Hall–Kier alpha value is -3.47. The highest BCUT2D eigenvalue weighted by atomic mass is 16.2. The number of hydrogen-bond donors (Lipinski definition) is 0. The van der Waals surface area contributed by atoms with Crippen molar-refractivity contribution >= 4 is 22.6 Å². The Balaban J connectivity index is 1.75. The van der Waals surface area contributed by atoms with Crippen LogP contribution in [0.15, 0.2) is 79.0 Å².